The molecule has 2 aromatic rings. The van der Waals surface area contributed by atoms with Gasteiger partial charge in [0.25, 0.3) is 0 Å². The standard InChI is InChI=1S/C22H27N3O/c1-14-12-17(13-15(2)18(14)21(23)25(5)6)20-19(24-22(3,4)26-20)16-10-8-7-9-11-16/h7-13,20,23H,1-6H3. The molecule has 4 heteroatoms. The van der Waals surface area contributed by atoms with Crippen LogP contribution in [0, 0.1) is 19.3 Å². The molecule has 0 aliphatic carbocycles. The minimum atomic E-state index is -0.549. The number of nitrogens with zero attached hydrogens (tertiary/aromatic N) is 2. The Morgan fingerprint density at radius 3 is 2.19 bits per heavy atom. The molecule has 1 aliphatic rings. The molecule has 0 radical (unpaired) electrons. The largest absolute Gasteiger partial charge is 0.363 e. The van der Waals surface area contributed by atoms with E-state index in [0.717, 1.165) is 33.5 Å². The minimum Gasteiger partial charge on any atom is -0.363 e. The van der Waals surface area contributed by atoms with Crippen LogP contribution in [0.1, 0.15) is 47.8 Å². The third-order valence-corrected chi connectivity index (χ3v) is 4.66. The molecule has 4 nitrogen and oxygen atoms in total. The summed E-state index contributed by atoms with van der Waals surface area (Å²) < 4.78 is 6.29. The van der Waals surface area contributed by atoms with E-state index in [1.807, 2.05) is 51.0 Å². The van der Waals surface area contributed by atoms with Crippen LogP contribution in [0.3, 0.4) is 0 Å². The quantitative estimate of drug-likeness (QED) is 0.656. The zero-order valence-electron chi connectivity index (χ0n) is 16.4. The van der Waals surface area contributed by atoms with Crippen LogP contribution in [-0.2, 0) is 4.74 Å². The Morgan fingerprint density at radius 1 is 1.08 bits per heavy atom. The Kier molecular flexibility index (Phi) is 4.72. The molecule has 1 aliphatic heterocycles. The number of aliphatic imine (C=N–C) groups is 1. The van der Waals surface area contributed by atoms with Crippen molar-refractivity contribution < 1.29 is 4.74 Å². The molecule has 0 amide bonds. The number of hydrogen-bond acceptors (Lipinski definition) is 3. The van der Waals surface area contributed by atoms with E-state index >= 15 is 0 Å². The summed E-state index contributed by atoms with van der Waals surface area (Å²) in [5.41, 5.74) is 5.73. The van der Waals surface area contributed by atoms with Crippen molar-refractivity contribution in [2.24, 2.45) is 4.99 Å². The summed E-state index contributed by atoms with van der Waals surface area (Å²) in [4.78, 5) is 6.67. The molecule has 136 valence electrons. The molecule has 0 fully saturated rings. The number of ether oxygens (including phenoxy) is 1. The molecular weight excluding hydrogens is 322 g/mol. The van der Waals surface area contributed by atoms with Crippen LogP contribution < -0.4 is 0 Å². The van der Waals surface area contributed by atoms with Gasteiger partial charge in [-0.2, -0.15) is 0 Å². The van der Waals surface area contributed by atoms with Gasteiger partial charge in [-0.25, -0.2) is 0 Å². The highest BCUT2D eigenvalue weighted by atomic mass is 16.5. The monoisotopic (exact) mass is 349 g/mol. The molecule has 1 atom stereocenters. The Hall–Kier alpha value is -2.46. The molecule has 1 unspecified atom stereocenters. The van der Waals surface area contributed by atoms with E-state index in [1.54, 1.807) is 0 Å². The van der Waals surface area contributed by atoms with Crippen LogP contribution in [0.25, 0.3) is 0 Å². The van der Waals surface area contributed by atoms with Gasteiger partial charge in [0.2, 0.25) is 0 Å². The summed E-state index contributed by atoms with van der Waals surface area (Å²) in [7, 11) is 3.80. The lowest BCUT2D eigenvalue weighted by molar-refractivity contribution is -0.0160. The fraction of sp³-hybridized carbons (Fsp3) is 0.364. The van der Waals surface area contributed by atoms with Gasteiger partial charge in [0.15, 0.2) is 5.72 Å². The van der Waals surface area contributed by atoms with Crippen molar-refractivity contribution >= 4 is 11.5 Å². The van der Waals surface area contributed by atoms with Crippen LogP contribution in [0.4, 0.5) is 0 Å². The number of benzene rings is 2. The molecule has 2 aromatic carbocycles. The minimum absolute atomic E-state index is 0.201. The van der Waals surface area contributed by atoms with E-state index in [4.69, 9.17) is 15.1 Å². The summed E-state index contributed by atoms with van der Waals surface area (Å²) in [6, 6.07) is 14.5. The summed E-state index contributed by atoms with van der Waals surface area (Å²) >= 11 is 0. The van der Waals surface area contributed by atoms with E-state index in [9.17, 15) is 0 Å². The first-order valence-electron chi connectivity index (χ1n) is 8.90. The predicted octanol–water partition coefficient (Wildman–Crippen LogP) is 4.49. The van der Waals surface area contributed by atoms with Gasteiger partial charge in [-0.15, -0.1) is 0 Å². The van der Waals surface area contributed by atoms with Crippen molar-refractivity contribution in [3.05, 3.63) is 70.3 Å². The van der Waals surface area contributed by atoms with Gasteiger partial charge >= 0.3 is 0 Å². The number of amidine groups is 1. The van der Waals surface area contributed by atoms with Gasteiger partial charge in [0, 0.05) is 19.7 Å². The summed E-state index contributed by atoms with van der Waals surface area (Å²) in [5.74, 6) is 0.524. The number of hydrogen-bond donors (Lipinski definition) is 1. The lowest BCUT2D eigenvalue weighted by atomic mass is 9.92. The molecule has 1 N–H and O–H groups in total. The van der Waals surface area contributed by atoms with Crippen LogP contribution in [0.5, 0.6) is 0 Å². The van der Waals surface area contributed by atoms with Crippen molar-refractivity contribution in [1.29, 1.82) is 5.41 Å². The number of nitrogens with one attached hydrogen (secondary N) is 1. The van der Waals surface area contributed by atoms with Gasteiger partial charge in [0.05, 0.1) is 5.71 Å². The molecule has 3 rings (SSSR count). The zero-order chi connectivity index (χ0) is 19.1. The van der Waals surface area contributed by atoms with Crippen LogP contribution >= 0.6 is 0 Å². The normalized spacial score (nSPS) is 18.5. The molecule has 0 saturated carbocycles. The highest BCUT2D eigenvalue weighted by molar-refractivity contribution is 6.05. The van der Waals surface area contributed by atoms with Crippen molar-refractivity contribution in [3.8, 4) is 0 Å². The second-order valence-corrected chi connectivity index (χ2v) is 7.58. The Bertz CT molecular complexity index is 843. The first-order valence-corrected chi connectivity index (χ1v) is 8.90. The maximum absolute atomic E-state index is 8.35. The average molecular weight is 349 g/mol. The Balaban J connectivity index is 2.06. The fourth-order valence-corrected chi connectivity index (χ4v) is 3.52. The smallest absolute Gasteiger partial charge is 0.155 e. The van der Waals surface area contributed by atoms with Gasteiger partial charge in [-0.1, -0.05) is 42.5 Å². The van der Waals surface area contributed by atoms with Gasteiger partial charge in [-0.05, 0) is 49.9 Å². The molecule has 1 heterocycles. The Morgan fingerprint density at radius 2 is 1.65 bits per heavy atom. The number of rotatable bonds is 3. The first-order chi connectivity index (χ1) is 12.2. The maximum Gasteiger partial charge on any atom is 0.155 e. The second-order valence-electron chi connectivity index (χ2n) is 7.58. The lowest BCUT2D eigenvalue weighted by Crippen LogP contribution is -2.24. The average Bonchev–Trinajstić information content (AvgIpc) is 2.90. The fourth-order valence-electron chi connectivity index (χ4n) is 3.52. The van der Waals surface area contributed by atoms with E-state index in [0.29, 0.717) is 5.84 Å². The van der Waals surface area contributed by atoms with Crippen LogP contribution in [0.15, 0.2) is 47.5 Å². The number of aryl methyl sites for hydroxylation is 2. The third kappa shape index (κ3) is 3.42. The molecule has 0 saturated heterocycles. The highest BCUT2D eigenvalue weighted by Gasteiger charge is 2.36. The van der Waals surface area contributed by atoms with Crippen molar-refractivity contribution in [2.45, 2.75) is 39.5 Å². The van der Waals surface area contributed by atoms with Crippen molar-refractivity contribution in [3.63, 3.8) is 0 Å². The van der Waals surface area contributed by atoms with Crippen molar-refractivity contribution in [2.75, 3.05) is 14.1 Å². The van der Waals surface area contributed by atoms with Crippen molar-refractivity contribution in [1.82, 2.24) is 4.90 Å². The van der Waals surface area contributed by atoms with Crippen LogP contribution in [0.2, 0.25) is 0 Å². The molecule has 0 bridgehead atoms. The van der Waals surface area contributed by atoms with Gasteiger partial charge in [-0.3, -0.25) is 10.4 Å². The lowest BCUT2D eigenvalue weighted by Gasteiger charge is -2.22. The third-order valence-electron chi connectivity index (χ3n) is 4.66. The second kappa shape index (κ2) is 6.69. The summed E-state index contributed by atoms with van der Waals surface area (Å²) in [5, 5.41) is 8.35. The van der Waals surface area contributed by atoms with E-state index in [2.05, 4.69) is 38.1 Å². The Labute approximate surface area is 156 Å². The maximum atomic E-state index is 8.35. The highest BCUT2D eigenvalue weighted by Crippen LogP contribution is 2.37. The van der Waals surface area contributed by atoms with E-state index in [1.165, 1.54) is 0 Å². The molecule has 0 spiro atoms. The molecular formula is C22H27N3O. The molecule has 0 aromatic heterocycles. The van der Waals surface area contributed by atoms with Gasteiger partial charge in [0.1, 0.15) is 11.9 Å². The zero-order valence-corrected chi connectivity index (χ0v) is 16.4. The van der Waals surface area contributed by atoms with Gasteiger partial charge < -0.3 is 9.64 Å². The summed E-state index contributed by atoms with van der Waals surface area (Å²) in [6.07, 6.45) is -0.201. The van der Waals surface area contributed by atoms with E-state index < -0.39 is 5.72 Å². The van der Waals surface area contributed by atoms with Crippen LogP contribution in [-0.4, -0.2) is 36.3 Å². The topological polar surface area (TPSA) is 48.7 Å². The predicted molar refractivity (Wildman–Crippen MR) is 107 cm³/mol. The molecule has 26 heavy (non-hydrogen) atoms. The first kappa shape index (κ1) is 18.3. The SMILES string of the molecule is Cc1cc(C2OC(C)(C)N=C2c2ccccc2)cc(C)c1C(=N)N(C)C. The summed E-state index contributed by atoms with van der Waals surface area (Å²) in [6.45, 7) is 8.10. The van der Waals surface area contributed by atoms with E-state index in [-0.39, 0.29) is 6.10 Å².